The molecule has 0 spiro atoms. The van der Waals surface area contributed by atoms with E-state index in [9.17, 15) is 0 Å². The number of benzene rings is 2. The van der Waals surface area contributed by atoms with Gasteiger partial charge in [-0.3, -0.25) is 4.98 Å². The fourth-order valence-corrected chi connectivity index (χ4v) is 5.29. The van der Waals surface area contributed by atoms with Crippen molar-refractivity contribution >= 4 is 23.0 Å². The van der Waals surface area contributed by atoms with Crippen molar-refractivity contribution in [3.05, 3.63) is 107 Å². The van der Waals surface area contributed by atoms with E-state index in [1.54, 1.807) is 7.11 Å². The van der Waals surface area contributed by atoms with Crippen LogP contribution in [0.15, 0.2) is 79.0 Å². The highest BCUT2D eigenvalue weighted by molar-refractivity contribution is 7.80. The highest BCUT2D eigenvalue weighted by Crippen LogP contribution is 2.44. The van der Waals surface area contributed by atoms with Gasteiger partial charge in [0, 0.05) is 29.0 Å². The molecule has 5 rings (SSSR count). The maximum atomic E-state index is 5.88. The number of hydrogen-bond donors (Lipinski definition) is 1. The van der Waals surface area contributed by atoms with Crippen molar-refractivity contribution in [2.75, 3.05) is 12.0 Å². The summed E-state index contributed by atoms with van der Waals surface area (Å²) in [6, 6.07) is 24.8. The molecule has 0 saturated carbocycles. The van der Waals surface area contributed by atoms with E-state index in [1.165, 1.54) is 28.2 Å². The zero-order valence-corrected chi connectivity index (χ0v) is 20.6. The standard InChI is InChI=1S/C28H28N4OS/c1-18-8-7-9-22(16-18)31-19(2)17-24(20(31)3)27-26(25-10-5-6-15-29-25)30-28(34)32(27)21-11-13-23(33-4)14-12-21/h5-17,26-27H,1-4H3,(H,30,34)/t26-,27-/m1/s1. The summed E-state index contributed by atoms with van der Waals surface area (Å²) < 4.78 is 7.70. The van der Waals surface area contributed by atoms with E-state index < -0.39 is 0 Å². The molecule has 0 aliphatic carbocycles. The molecule has 5 nitrogen and oxygen atoms in total. The number of methoxy groups -OCH3 is 1. The molecule has 1 aliphatic rings. The van der Waals surface area contributed by atoms with Gasteiger partial charge in [0.25, 0.3) is 0 Å². The Morgan fingerprint density at radius 2 is 1.71 bits per heavy atom. The van der Waals surface area contributed by atoms with Crippen molar-refractivity contribution in [2.45, 2.75) is 32.9 Å². The van der Waals surface area contributed by atoms with Gasteiger partial charge in [-0.25, -0.2) is 0 Å². The van der Waals surface area contributed by atoms with Crippen molar-refractivity contribution in [2.24, 2.45) is 0 Å². The summed E-state index contributed by atoms with van der Waals surface area (Å²) in [5.41, 5.74) is 7.98. The number of rotatable bonds is 5. The van der Waals surface area contributed by atoms with E-state index in [0.29, 0.717) is 5.11 Å². The Bertz CT molecular complexity index is 1330. The summed E-state index contributed by atoms with van der Waals surface area (Å²) >= 11 is 5.88. The van der Waals surface area contributed by atoms with E-state index in [4.69, 9.17) is 17.0 Å². The average molecular weight is 469 g/mol. The van der Waals surface area contributed by atoms with E-state index in [-0.39, 0.29) is 12.1 Å². The normalized spacial score (nSPS) is 17.6. The highest BCUT2D eigenvalue weighted by Gasteiger charge is 2.42. The SMILES string of the molecule is COc1ccc(N2C(=S)N[C@H](c3ccccn3)[C@H]2c2cc(C)n(-c3cccc(C)c3)c2C)cc1. The minimum absolute atomic E-state index is 0.0550. The Morgan fingerprint density at radius 3 is 2.38 bits per heavy atom. The smallest absolute Gasteiger partial charge is 0.174 e. The number of thiocarbonyl (C=S) groups is 1. The number of aryl methyl sites for hydroxylation is 2. The zero-order chi connectivity index (χ0) is 23.8. The molecule has 0 bridgehead atoms. The van der Waals surface area contributed by atoms with Crippen LogP contribution >= 0.6 is 12.2 Å². The van der Waals surface area contributed by atoms with Gasteiger partial charge in [0.1, 0.15) is 5.75 Å². The van der Waals surface area contributed by atoms with Crippen molar-refractivity contribution in [3.8, 4) is 11.4 Å². The molecule has 4 aromatic rings. The molecule has 34 heavy (non-hydrogen) atoms. The van der Waals surface area contributed by atoms with Crippen LogP contribution in [0, 0.1) is 20.8 Å². The first-order valence-corrected chi connectivity index (χ1v) is 11.8. The molecule has 1 N–H and O–H groups in total. The first-order valence-electron chi connectivity index (χ1n) is 11.4. The first-order chi connectivity index (χ1) is 16.5. The topological polar surface area (TPSA) is 42.3 Å². The molecule has 2 atom stereocenters. The van der Waals surface area contributed by atoms with Gasteiger partial charge in [-0.2, -0.15) is 0 Å². The van der Waals surface area contributed by atoms with Crippen LogP contribution in [0.2, 0.25) is 0 Å². The second-order valence-corrected chi connectivity index (χ2v) is 9.08. The predicted molar refractivity (Wildman–Crippen MR) is 141 cm³/mol. The van der Waals surface area contributed by atoms with Gasteiger partial charge >= 0.3 is 0 Å². The minimum atomic E-state index is -0.0812. The highest BCUT2D eigenvalue weighted by atomic mass is 32.1. The van der Waals surface area contributed by atoms with Crippen LogP contribution < -0.4 is 15.0 Å². The summed E-state index contributed by atoms with van der Waals surface area (Å²) in [6.07, 6.45) is 1.84. The van der Waals surface area contributed by atoms with Crippen molar-refractivity contribution in [1.82, 2.24) is 14.9 Å². The van der Waals surface area contributed by atoms with Crippen LogP contribution in [-0.4, -0.2) is 21.8 Å². The van der Waals surface area contributed by atoms with Gasteiger partial charge in [0.05, 0.1) is 24.9 Å². The Morgan fingerprint density at radius 1 is 0.912 bits per heavy atom. The van der Waals surface area contributed by atoms with E-state index >= 15 is 0 Å². The molecule has 6 heteroatoms. The van der Waals surface area contributed by atoms with Gasteiger partial charge in [0.15, 0.2) is 5.11 Å². The quantitative estimate of drug-likeness (QED) is 0.365. The van der Waals surface area contributed by atoms with Gasteiger partial charge in [-0.05, 0) is 98.7 Å². The number of anilines is 1. The summed E-state index contributed by atoms with van der Waals surface area (Å²) in [7, 11) is 1.68. The monoisotopic (exact) mass is 468 g/mol. The number of nitrogens with one attached hydrogen (secondary N) is 1. The number of aromatic nitrogens is 2. The summed E-state index contributed by atoms with van der Waals surface area (Å²) in [5, 5.41) is 4.24. The molecule has 1 aliphatic heterocycles. The summed E-state index contributed by atoms with van der Waals surface area (Å²) in [6.45, 7) is 6.47. The molecule has 1 saturated heterocycles. The van der Waals surface area contributed by atoms with Gasteiger partial charge < -0.3 is 19.5 Å². The summed E-state index contributed by atoms with van der Waals surface area (Å²) in [5.74, 6) is 0.817. The van der Waals surface area contributed by atoms with Crippen molar-refractivity contribution < 1.29 is 4.74 Å². The second kappa shape index (κ2) is 8.95. The van der Waals surface area contributed by atoms with Crippen LogP contribution in [0.5, 0.6) is 5.75 Å². The Hall–Kier alpha value is -3.64. The Labute approximate surface area is 206 Å². The van der Waals surface area contributed by atoms with E-state index in [2.05, 4.69) is 89.1 Å². The predicted octanol–water partition coefficient (Wildman–Crippen LogP) is 5.98. The second-order valence-electron chi connectivity index (χ2n) is 8.70. The fraction of sp³-hybridized carbons (Fsp3) is 0.214. The van der Waals surface area contributed by atoms with Crippen LogP contribution in [0.25, 0.3) is 5.69 Å². The maximum absolute atomic E-state index is 5.88. The minimum Gasteiger partial charge on any atom is -0.497 e. The third-order valence-corrected chi connectivity index (χ3v) is 6.81. The zero-order valence-electron chi connectivity index (χ0n) is 19.8. The van der Waals surface area contributed by atoms with E-state index in [1.807, 2.05) is 30.5 Å². The van der Waals surface area contributed by atoms with Crippen molar-refractivity contribution in [3.63, 3.8) is 0 Å². The number of hydrogen-bond acceptors (Lipinski definition) is 3. The number of nitrogens with zero attached hydrogens (tertiary/aromatic N) is 3. The molecule has 2 aromatic heterocycles. The largest absolute Gasteiger partial charge is 0.497 e. The Balaban J connectivity index is 1.67. The van der Waals surface area contributed by atoms with Gasteiger partial charge in [-0.15, -0.1) is 0 Å². The molecule has 0 unspecified atom stereocenters. The molecule has 0 radical (unpaired) electrons. The van der Waals surface area contributed by atoms with Crippen LogP contribution in [0.3, 0.4) is 0 Å². The molecular formula is C28H28N4OS. The van der Waals surface area contributed by atoms with Crippen LogP contribution in [0.1, 0.15) is 40.3 Å². The van der Waals surface area contributed by atoms with Gasteiger partial charge in [0.2, 0.25) is 0 Å². The van der Waals surface area contributed by atoms with Crippen LogP contribution in [0.4, 0.5) is 5.69 Å². The summed E-state index contributed by atoms with van der Waals surface area (Å²) in [4.78, 5) is 6.88. The third-order valence-electron chi connectivity index (χ3n) is 6.50. The Kier molecular flexibility index (Phi) is 5.84. The lowest BCUT2D eigenvalue weighted by atomic mass is 9.96. The third kappa shape index (κ3) is 3.84. The molecule has 1 fully saturated rings. The number of pyridine rings is 1. The lowest BCUT2D eigenvalue weighted by Crippen LogP contribution is -2.29. The maximum Gasteiger partial charge on any atom is 0.174 e. The molecule has 2 aromatic carbocycles. The molecular weight excluding hydrogens is 440 g/mol. The number of ether oxygens (including phenoxy) is 1. The molecule has 3 heterocycles. The van der Waals surface area contributed by atoms with Crippen LogP contribution in [-0.2, 0) is 0 Å². The van der Waals surface area contributed by atoms with E-state index in [0.717, 1.165) is 17.1 Å². The average Bonchev–Trinajstić information content (AvgIpc) is 3.34. The lowest BCUT2D eigenvalue weighted by Gasteiger charge is -2.28. The fourth-order valence-electron chi connectivity index (χ4n) is 4.94. The molecule has 172 valence electrons. The first kappa shape index (κ1) is 22.2. The van der Waals surface area contributed by atoms with Crippen molar-refractivity contribution in [1.29, 1.82) is 0 Å². The molecule has 0 amide bonds. The van der Waals surface area contributed by atoms with Gasteiger partial charge in [-0.1, -0.05) is 18.2 Å². The lowest BCUT2D eigenvalue weighted by molar-refractivity contribution is 0.415.